The van der Waals surface area contributed by atoms with E-state index in [1.165, 1.54) is 36.0 Å². The second-order valence-corrected chi connectivity index (χ2v) is 10.6. The topological polar surface area (TPSA) is 52.2 Å². The molecule has 1 saturated carbocycles. The van der Waals surface area contributed by atoms with E-state index >= 15 is 0 Å². The summed E-state index contributed by atoms with van der Waals surface area (Å²) in [6.45, 7) is 1.97. The first kappa shape index (κ1) is 21.1. The molecule has 2 N–H and O–H groups in total. The molecule has 172 valence electrons. The van der Waals surface area contributed by atoms with E-state index in [1.807, 2.05) is 12.1 Å². The Labute approximate surface area is 196 Å². The average molecular weight is 442 g/mol. The number of hydrogen-bond donors (Lipinski definition) is 2. The van der Waals surface area contributed by atoms with Crippen LogP contribution in [-0.4, -0.2) is 45.7 Å². The van der Waals surface area contributed by atoms with Crippen LogP contribution in [0.2, 0.25) is 0 Å². The molecule has 3 aromatic rings. The fourth-order valence-electron chi connectivity index (χ4n) is 6.84. The second-order valence-electron chi connectivity index (χ2n) is 10.6. The molecule has 33 heavy (non-hydrogen) atoms. The summed E-state index contributed by atoms with van der Waals surface area (Å²) in [5.41, 5.74) is 7.73. The number of imidazole rings is 1. The zero-order valence-corrected chi connectivity index (χ0v) is 19.7. The van der Waals surface area contributed by atoms with Crippen LogP contribution in [0.25, 0.3) is 16.6 Å². The number of hydrogen-bond acceptors (Lipinski definition) is 3. The first-order valence-corrected chi connectivity index (χ1v) is 12.8. The molecule has 3 atom stereocenters. The normalized spacial score (nSPS) is 26.2. The van der Waals surface area contributed by atoms with Gasteiger partial charge >= 0.3 is 0 Å². The molecule has 0 saturated heterocycles. The van der Waals surface area contributed by atoms with Crippen LogP contribution in [-0.2, 0) is 12.8 Å². The number of fused-ring (bicyclic) bond motifs is 4. The van der Waals surface area contributed by atoms with Gasteiger partial charge in [-0.2, -0.15) is 0 Å². The lowest BCUT2D eigenvalue weighted by atomic mass is 9.55. The van der Waals surface area contributed by atoms with Crippen LogP contribution in [0.15, 0.2) is 54.1 Å². The lowest BCUT2D eigenvalue weighted by molar-refractivity contribution is -0.0588. The highest BCUT2D eigenvalue weighted by atomic mass is 16.3. The summed E-state index contributed by atoms with van der Waals surface area (Å²) in [4.78, 5) is 10.5. The molecule has 0 amide bonds. The predicted molar refractivity (Wildman–Crippen MR) is 134 cm³/mol. The van der Waals surface area contributed by atoms with Gasteiger partial charge in [-0.05, 0) is 93.3 Å². The van der Waals surface area contributed by atoms with Gasteiger partial charge in [0.25, 0.3) is 0 Å². The molecule has 0 aliphatic heterocycles. The van der Waals surface area contributed by atoms with Crippen molar-refractivity contribution in [3.05, 3.63) is 71.1 Å². The molecule has 2 aromatic carbocycles. The molecule has 0 radical (unpaired) electrons. The fourth-order valence-corrected chi connectivity index (χ4v) is 6.84. The van der Waals surface area contributed by atoms with Gasteiger partial charge in [0.05, 0.1) is 16.6 Å². The van der Waals surface area contributed by atoms with E-state index in [2.05, 4.69) is 53.3 Å². The van der Waals surface area contributed by atoms with E-state index in [4.69, 9.17) is 4.98 Å². The Morgan fingerprint density at radius 2 is 1.91 bits per heavy atom. The van der Waals surface area contributed by atoms with Gasteiger partial charge in [0.15, 0.2) is 0 Å². The van der Waals surface area contributed by atoms with E-state index in [9.17, 15) is 5.11 Å². The van der Waals surface area contributed by atoms with Crippen molar-refractivity contribution in [1.82, 2.24) is 14.9 Å². The van der Waals surface area contributed by atoms with Crippen molar-refractivity contribution in [2.24, 2.45) is 11.8 Å². The first-order valence-electron chi connectivity index (χ1n) is 12.8. The van der Waals surface area contributed by atoms with E-state index in [1.54, 1.807) is 5.57 Å². The molecular weight excluding hydrogens is 406 g/mol. The summed E-state index contributed by atoms with van der Waals surface area (Å²) in [6, 6.07) is 17.2. The van der Waals surface area contributed by atoms with Crippen molar-refractivity contribution < 1.29 is 5.11 Å². The lowest BCUT2D eigenvalue weighted by Gasteiger charge is -2.53. The fraction of sp³-hybridized carbons (Fsp3) is 0.483. The number of benzene rings is 2. The van der Waals surface area contributed by atoms with Crippen molar-refractivity contribution in [3.8, 4) is 0 Å². The van der Waals surface area contributed by atoms with Crippen LogP contribution < -0.4 is 0 Å². The largest absolute Gasteiger partial charge is 0.389 e. The maximum atomic E-state index is 11.9. The molecule has 1 heterocycles. The third kappa shape index (κ3) is 3.83. The second kappa shape index (κ2) is 8.41. The Hall–Kier alpha value is -2.43. The van der Waals surface area contributed by atoms with Crippen LogP contribution in [0.5, 0.6) is 0 Å². The Morgan fingerprint density at radius 3 is 2.82 bits per heavy atom. The highest BCUT2D eigenvalue weighted by molar-refractivity contribution is 5.78. The number of aryl methyl sites for hydroxylation is 2. The molecule has 2 bridgehead atoms. The third-order valence-corrected chi connectivity index (χ3v) is 8.53. The molecule has 7 rings (SSSR count). The highest BCUT2D eigenvalue weighted by Crippen LogP contribution is 2.57. The number of rotatable bonds is 7. The summed E-state index contributed by atoms with van der Waals surface area (Å²) >= 11 is 0. The van der Waals surface area contributed by atoms with Gasteiger partial charge in [0.2, 0.25) is 0 Å². The zero-order chi connectivity index (χ0) is 22.4. The number of allylic oxidation sites excluding steroid dienone is 1. The Balaban J connectivity index is 1.08. The van der Waals surface area contributed by atoms with Gasteiger partial charge in [-0.25, -0.2) is 4.98 Å². The van der Waals surface area contributed by atoms with E-state index in [-0.39, 0.29) is 0 Å². The quantitative estimate of drug-likeness (QED) is 0.518. The third-order valence-electron chi connectivity index (χ3n) is 8.53. The summed E-state index contributed by atoms with van der Waals surface area (Å²) < 4.78 is 0. The maximum absolute atomic E-state index is 11.9. The van der Waals surface area contributed by atoms with E-state index < -0.39 is 5.60 Å². The molecule has 0 spiro atoms. The van der Waals surface area contributed by atoms with Crippen LogP contribution in [0.3, 0.4) is 0 Å². The van der Waals surface area contributed by atoms with Crippen LogP contribution in [0.4, 0.5) is 0 Å². The van der Waals surface area contributed by atoms with Gasteiger partial charge in [0.1, 0.15) is 5.82 Å². The number of aliphatic hydroxyl groups is 1. The Morgan fingerprint density at radius 1 is 1.06 bits per heavy atom. The average Bonchev–Trinajstić information content (AvgIpc) is 3.26. The number of nitrogens with zero attached hydrogens (tertiary/aromatic N) is 2. The minimum absolute atomic E-state index is 0.308. The van der Waals surface area contributed by atoms with Gasteiger partial charge in [0, 0.05) is 18.9 Å². The Kier molecular flexibility index (Phi) is 5.38. The molecule has 1 aromatic heterocycles. The van der Waals surface area contributed by atoms with Crippen molar-refractivity contribution in [1.29, 1.82) is 0 Å². The number of aromatic nitrogens is 2. The van der Waals surface area contributed by atoms with Crippen LogP contribution >= 0.6 is 0 Å². The monoisotopic (exact) mass is 441 g/mol. The van der Waals surface area contributed by atoms with E-state index in [0.717, 1.165) is 62.1 Å². The van der Waals surface area contributed by atoms with Crippen molar-refractivity contribution >= 4 is 16.6 Å². The first-order chi connectivity index (χ1) is 16.1. The van der Waals surface area contributed by atoms with E-state index in [0.29, 0.717) is 11.8 Å². The van der Waals surface area contributed by atoms with Gasteiger partial charge < -0.3 is 15.0 Å². The molecule has 1 fully saturated rings. The van der Waals surface area contributed by atoms with Crippen LogP contribution in [0, 0.1) is 11.8 Å². The zero-order valence-electron chi connectivity index (χ0n) is 19.7. The van der Waals surface area contributed by atoms with Crippen molar-refractivity contribution in [3.63, 3.8) is 0 Å². The molecule has 4 aliphatic carbocycles. The maximum Gasteiger partial charge on any atom is 0.107 e. The molecule has 4 aliphatic rings. The lowest BCUT2D eigenvalue weighted by Crippen LogP contribution is -2.50. The summed E-state index contributed by atoms with van der Waals surface area (Å²) in [5, 5.41) is 11.9. The molecule has 4 nitrogen and oxygen atoms in total. The molecular formula is C29H35N3O. The number of aromatic amines is 1. The Bertz CT molecular complexity index is 1160. The SMILES string of the molecule is CN(CCCc1nc2ccccc2[nH]1)CC[C@]1(O)C[C@H]2CC[C@H]1C1=C2CCc2ccccc21. The smallest absolute Gasteiger partial charge is 0.107 e. The van der Waals surface area contributed by atoms with Crippen LogP contribution in [0.1, 0.15) is 55.5 Å². The number of nitrogens with one attached hydrogen (secondary N) is 1. The number of para-hydroxylation sites is 2. The minimum Gasteiger partial charge on any atom is -0.389 e. The molecule has 4 heteroatoms. The standard InChI is InChI=1S/C29H35N3O/c1-32(17-6-11-27-30-25-9-4-5-10-26(25)31-27)18-16-29(33)19-21-13-15-24(29)28-22-8-3-2-7-20(22)12-14-23(21)28/h2-5,7-10,21,24,33H,6,11-19H2,1H3,(H,30,31)/t21-,24+,29+/m1/s1. The van der Waals surface area contributed by atoms with Gasteiger partial charge in [-0.1, -0.05) is 42.0 Å². The summed E-state index contributed by atoms with van der Waals surface area (Å²) in [5.74, 6) is 1.97. The number of H-pyrrole nitrogens is 1. The van der Waals surface area contributed by atoms with Gasteiger partial charge in [-0.3, -0.25) is 0 Å². The van der Waals surface area contributed by atoms with Gasteiger partial charge in [-0.15, -0.1) is 0 Å². The van der Waals surface area contributed by atoms with Crippen molar-refractivity contribution in [2.75, 3.05) is 20.1 Å². The summed E-state index contributed by atoms with van der Waals surface area (Å²) in [7, 11) is 2.20. The minimum atomic E-state index is -0.556. The molecule has 0 unspecified atom stereocenters. The highest BCUT2D eigenvalue weighted by Gasteiger charge is 2.51. The summed E-state index contributed by atoms with van der Waals surface area (Å²) in [6.07, 6.45) is 8.64. The predicted octanol–water partition coefficient (Wildman–Crippen LogP) is 5.38. The van der Waals surface area contributed by atoms with Crippen molar-refractivity contribution in [2.45, 2.75) is 57.0 Å².